The van der Waals surface area contributed by atoms with Crippen LogP contribution in [-0.2, 0) is 16.1 Å². The number of ketones is 1. The minimum atomic E-state index is -0.925. The number of carbonyl (C=O) groups excluding carboxylic acids is 3. The second kappa shape index (κ2) is 5.90. The summed E-state index contributed by atoms with van der Waals surface area (Å²) < 4.78 is 0. The number of hydrazone groups is 1. The molecule has 2 amide bonds. The number of amides is 2. The van der Waals surface area contributed by atoms with Crippen LogP contribution >= 0.6 is 0 Å². The fourth-order valence-electron chi connectivity index (χ4n) is 3.00. The molecule has 0 radical (unpaired) electrons. The second-order valence-electron chi connectivity index (χ2n) is 5.75. The van der Waals surface area contributed by atoms with Crippen LogP contribution < -0.4 is 5.43 Å². The van der Waals surface area contributed by atoms with Crippen LogP contribution in [0, 0.1) is 5.92 Å². The zero-order valence-corrected chi connectivity index (χ0v) is 13.0. The Balaban J connectivity index is 1.59. The van der Waals surface area contributed by atoms with E-state index in [0.29, 0.717) is 0 Å². The zero-order chi connectivity index (χ0) is 17.4. The molecule has 1 aromatic heterocycles. The van der Waals surface area contributed by atoms with Crippen LogP contribution in [0.3, 0.4) is 0 Å². The van der Waals surface area contributed by atoms with Gasteiger partial charge in [0.2, 0.25) is 11.7 Å². The molecule has 0 unspecified atom stereocenters. The van der Waals surface area contributed by atoms with Gasteiger partial charge in [-0.3, -0.25) is 29.7 Å². The maximum atomic E-state index is 12.7. The molecule has 3 heterocycles. The number of carbonyl (C=O) groups is 3. The van der Waals surface area contributed by atoms with Gasteiger partial charge in [0.05, 0.1) is 12.7 Å². The number of nitrogens with zero attached hydrogens (tertiary/aromatic N) is 4. The summed E-state index contributed by atoms with van der Waals surface area (Å²) in [6, 6.07) is 8.36. The molecule has 2 aromatic rings. The number of aromatic nitrogens is 2. The van der Waals surface area contributed by atoms with Crippen LogP contribution in [0.5, 0.6) is 0 Å². The van der Waals surface area contributed by atoms with E-state index in [2.05, 4.69) is 20.5 Å². The Morgan fingerprint density at radius 3 is 2.64 bits per heavy atom. The normalized spacial score (nSPS) is 21.8. The number of nitrogens with one attached hydrogen (secondary N) is 1. The number of Topliss-reactive ketones (excluding diaryl/α,β-unsaturated/α-hetero) is 1. The lowest BCUT2D eigenvalue weighted by molar-refractivity contribution is -0.140. The first-order valence-corrected chi connectivity index (χ1v) is 7.70. The van der Waals surface area contributed by atoms with E-state index < -0.39 is 23.7 Å². The molecule has 124 valence electrons. The molecular formula is C17H13N5O3. The van der Waals surface area contributed by atoms with Crippen molar-refractivity contribution in [2.45, 2.75) is 12.6 Å². The topological polar surface area (TPSA) is 105 Å². The smallest absolute Gasteiger partial charge is 0.254 e. The number of imide groups is 1. The highest BCUT2D eigenvalue weighted by Gasteiger charge is 2.54. The van der Waals surface area contributed by atoms with E-state index in [1.165, 1.54) is 18.6 Å². The fraction of sp³-hybridized carbons (Fsp3) is 0.176. The third-order valence-corrected chi connectivity index (χ3v) is 4.23. The van der Waals surface area contributed by atoms with Crippen molar-refractivity contribution < 1.29 is 14.4 Å². The van der Waals surface area contributed by atoms with Crippen molar-refractivity contribution in [3.05, 3.63) is 60.2 Å². The standard InChI is InChI=1S/C17H13N5O3/c23-15(11-8-18-6-7-19-11)13-12-14(21-20-13)17(25)22(16(12)24)9-10-4-2-1-3-5-10/h1-8,12,14,21H,9H2/t12-,14+/m1/s1. The van der Waals surface area contributed by atoms with Gasteiger partial charge in [-0.25, -0.2) is 4.98 Å². The van der Waals surface area contributed by atoms with Crippen molar-refractivity contribution in [3.63, 3.8) is 0 Å². The highest BCUT2D eigenvalue weighted by molar-refractivity contribution is 6.50. The summed E-state index contributed by atoms with van der Waals surface area (Å²) >= 11 is 0. The molecule has 2 atom stereocenters. The lowest BCUT2D eigenvalue weighted by Gasteiger charge is -2.15. The Morgan fingerprint density at radius 1 is 1.12 bits per heavy atom. The van der Waals surface area contributed by atoms with E-state index in [1.807, 2.05) is 30.3 Å². The van der Waals surface area contributed by atoms with E-state index in [9.17, 15) is 14.4 Å². The number of hydrogen-bond acceptors (Lipinski definition) is 7. The Kier molecular flexibility index (Phi) is 3.57. The molecule has 25 heavy (non-hydrogen) atoms. The number of fused-ring (bicyclic) bond motifs is 1. The number of rotatable bonds is 4. The van der Waals surface area contributed by atoms with Gasteiger partial charge in [-0.2, -0.15) is 5.10 Å². The SMILES string of the molecule is O=C(C1=NN[C@@H]2C(=O)N(Cc3ccccc3)C(=O)[C@H]12)c1cnccn1. The van der Waals surface area contributed by atoms with Gasteiger partial charge in [-0.15, -0.1) is 0 Å². The number of likely N-dealkylation sites (tertiary alicyclic amines) is 1. The Hall–Kier alpha value is -3.42. The van der Waals surface area contributed by atoms with Crippen LogP contribution in [0.15, 0.2) is 54.0 Å². The van der Waals surface area contributed by atoms with Crippen molar-refractivity contribution in [2.75, 3.05) is 0 Å². The summed E-state index contributed by atoms with van der Waals surface area (Å²) in [6.07, 6.45) is 4.14. The molecule has 1 fully saturated rings. The molecule has 8 nitrogen and oxygen atoms in total. The first kappa shape index (κ1) is 15.1. The molecule has 0 saturated carbocycles. The number of hydrogen-bond donors (Lipinski definition) is 1. The van der Waals surface area contributed by atoms with Crippen molar-refractivity contribution in [1.29, 1.82) is 0 Å². The molecule has 1 saturated heterocycles. The third kappa shape index (κ3) is 2.47. The third-order valence-electron chi connectivity index (χ3n) is 4.23. The molecule has 1 aromatic carbocycles. The summed E-state index contributed by atoms with van der Waals surface area (Å²) in [5.74, 6) is -2.24. The maximum Gasteiger partial charge on any atom is 0.254 e. The summed E-state index contributed by atoms with van der Waals surface area (Å²) in [4.78, 5) is 46.8. The lowest BCUT2D eigenvalue weighted by atomic mass is 9.94. The van der Waals surface area contributed by atoms with Gasteiger partial charge in [0.25, 0.3) is 5.91 Å². The van der Waals surface area contributed by atoms with Crippen molar-refractivity contribution in [3.8, 4) is 0 Å². The molecule has 0 bridgehead atoms. The molecule has 2 aliphatic heterocycles. The van der Waals surface area contributed by atoms with Gasteiger partial charge in [-0.1, -0.05) is 30.3 Å². The number of benzene rings is 1. The van der Waals surface area contributed by atoms with Gasteiger partial charge in [-0.05, 0) is 5.56 Å². The van der Waals surface area contributed by atoms with E-state index in [0.717, 1.165) is 10.5 Å². The summed E-state index contributed by atoms with van der Waals surface area (Å²) in [6.45, 7) is 0.166. The Bertz CT molecular complexity index is 882. The van der Waals surface area contributed by atoms with E-state index in [4.69, 9.17) is 0 Å². The Labute approximate surface area is 142 Å². The predicted molar refractivity (Wildman–Crippen MR) is 86.2 cm³/mol. The summed E-state index contributed by atoms with van der Waals surface area (Å²) in [5, 5.41) is 3.92. The van der Waals surface area contributed by atoms with Crippen LogP contribution in [0.1, 0.15) is 16.1 Å². The average Bonchev–Trinajstić information content (AvgIpc) is 3.19. The van der Waals surface area contributed by atoms with Gasteiger partial charge >= 0.3 is 0 Å². The minimum Gasteiger partial charge on any atom is -0.296 e. The fourth-order valence-corrected chi connectivity index (χ4v) is 3.00. The molecule has 0 aliphatic carbocycles. The van der Waals surface area contributed by atoms with Crippen LogP contribution in [0.25, 0.3) is 0 Å². The van der Waals surface area contributed by atoms with E-state index >= 15 is 0 Å². The Morgan fingerprint density at radius 2 is 1.92 bits per heavy atom. The molecule has 8 heteroatoms. The molecule has 1 N–H and O–H groups in total. The first-order chi connectivity index (χ1) is 12.2. The van der Waals surface area contributed by atoms with Gasteiger partial charge < -0.3 is 0 Å². The van der Waals surface area contributed by atoms with Crippen LogP contribution in [-0.4, -0.2) is 44.2 Å². The lowest BCUT2D eigenvalue weighted by Crippen LogP contribution is -2.35. The van der Waals surface area contributed by atoms with Crippen molar-refractivity contribution in [2.24, 2.45) is 11.0 Å². The van der Waals surface area contributed by atoms with Gasteiger partial charge in [0, 0.05) is 12.4 Å². The second-order valence-corrected chi connectivity index (χ2v) is 5.75. The largest absolute Gasteiger partial charge is 0.296 e. The minimum absolute atomic E-state index is 0.000545. The van der Waals surface area contributed by atoms with Gasteiger partial charge in [0.1, 0.15) is 23.4 Å². The van der Waals surface area contributed by atoms with Crippen LogP contribution in [0.4, 0.5) is 0 Å². The summed E-state index contributed by atoms with van der Waals surface area (Å²) in [7, 11) is 0. The monoisotopic (exact) mass is 335 g/mol. The quantitative estimate of drug-likeness (QED) is 0.631. The zero-order valence-electron chi connectivity index (χ0n) is 13.0. The van der Waals surface area contributed by atoms with E-state index in [-0.39, 0.29) is 23.9 Å². The maximum absolute atomic E-state index is 12.7. The summed E-state index contributed by atoms with van der Waals surface area (Å²) in [5.41, 5.74) is 3.55. The van der Waals surface area contributed by atoms with Crippen LogP contribution in [0.2, 0.25) is 0 Å². The average molecular weight is 335 g/mol. The van der Waals surface area contributed by atoms with Gasteiger partial charge in [0.15, 0.2) is 0 Å². The van der Waals surface area contributed by atoms with E-state index in [1.54, 1.807) is 0 Å². The highest BCUT2D eigenvalue weighted by Crippen LogP contribution is 2.28. The highest BCUT2D eigenvalue weighted by atomic mass is 16.2. The first-order valence-electron chi connectivity index (χ1n) is 7.70. The molecule has 2 aliphatic rings. The van der Waals surface area contributed by atoms with Crippen molar-refractivity contribution in [1.82, 2.24) is 20.3 Å². The molecular weight excluding hydrogens is 322 g/mol. The molecule has 4 rings (SSSR count). The molecule has 0 spiro atoms. The predicted octanol–water partition coefficient (Wildman–Crippen LogP) is 0.172. The van der Waals surface area contributed by atoms with Crippen molar-refractivity contribution >= 4 is 23.3 Å².